The van der Waals surface area contributed by atoms with Crippen LogP contribution in [0.1, 0.15) is 29.3 Å². The lowest BCUT2D eigenvalue weighted by molar-refractivity contribution is 0.0682. The van der Waals surface area contributed by atoms with E-state index in [9.17, 15) is 4.79 Å². The van der Waals surface area contributed by atoms with Crippen LogP contribution in [0.5, 0.6) is 5.88 Å². The summed E-state index contributed by atoms with van der Waals surface area (Å²) in [5.74, 6) is -0.877. The van der Waals surface area contributed by atoms with E-state index < -0.39 is 5.97 Å². The molecular formula is C12H17NO4. The van der Waals surface area contributed by atoms with Gasteiger partial charge >= 0.3 is 5.97 Å². The van der Waals surface area contributed by atoms with Crippen LogP contribution in [0.2, 0.25) is 0 Å². The van der Waals surface area contributed by atoms with Crippen LogP contribution in [0, 0.1) is 6.92 Å². The van der Waals surface area contributed by atoms with Crippen molar-refractivity contribution in [3.05, 3.63) is 23.4 Å². The molecule has 0 amide bonds. The Balaban J connectivity index is 2.58. The zero-order valence-corrected chi connectivity index (χ0v) is 10.1. The van der Waals surface area contributed by atoms with Gasteiger partial charge in [0.05, 0.1) is 6.61 Å². The van der Waals surface area contributed by atoms with Gasteiger partial charge in [-0.2, -0.15) is 0 Å². The van der Waals surface area contributed by atoms with Crippen LogP contribution < -0.4 is 4.74 Å². The highest BCUT2D eigenvalue weighted by atomic mass is 16.5. The Morgan fingerprint density at radius 1 is 1.41 bits per heavy atom. The van der Waals surface area contributed by atoms with E-state index in [0.717, 1.165) is 6.42 Å². The van der Waals surface area contributed by atoms with E-state index in [-0.39, 0.29) is 11.4 Å². The monoisotopic (exact) mass is 239 g/mol. The molecule has 1 N–H and O–H groups in total. The van der Waals surface area contributed by atoms with Crippen LogP contribution in [-0.4, -0.2) is 35.9 Å². The topological polar surface area (TPSA) is 68.7 Å². The summed E-state index contributed by atoms with van der Waals surface area (Å²) in [4.78, 5) is 14.9. The van der Waals surface area contributed by atoms with Crippen LogP contribution in [0.3, 0.4) is 0 Å². The predicted molar refractivity (Wildman–Crippen MR) is 62.5 cm³/mol. The first-order chi connectivity index (χ1) is 8.16. The Morgan fingerprint density at radius 3 is 2.82 bits per heavy atom. The van der Waals surface area contributed by atoms with Crippen LogP contribution >= 0.6 is 0 Å². The standard InChI is InChI=1S/C12H17NO4/c1-3-6-16-7-8-17-11-10(12(14)15)9(2)4-5-13-11/h4-5H,3,6-8H2,1-2H3,(H,14,15). The highest BCUT2D eigenvalue weighted by molar-refractivity contribution is 5.91. The van der Waals surface area contributed by atoms with Crippen LogP contribution in [0.4, 0.5) is 0 Å². The minimum absolute atomic E-state index is 0.114. The van der Waals surface area contributed by atoms with Crippen molar-refractivity contribution in [2.75, 3.05) is 19.8 Å². The van der Waals surface area contributed by atoms with Gasteiger partial charge in [0, 0.05) is 12.8 Å². The van der Waals surface area contributed by atoms with Gasteiger partial charge in [-0.1, -0.05) is 6.92 Å². The van der Waals surface area contributed by atoms with Gasteiger partial charge in [-0.25, -0.2) is 9.78 Å². The average Bonchev–Trinajstić information content (AvgIpc) is 2.28. The van der Waals surface area contributed by atoms with E-state index >= 15 is 0 Å². The Hall–Kier alpha value is -1.62. The predicted octanol–water partition coefficient (Wildman–Crippen LogP) is 1.89. The van der Waals surface area contributed by atoms with Crippen molar-refractivity contribution in [1.29, 1.82) is 0 Å². The van der Waals surface area contributed by atoms with Gasteiger partial charge in [-0.3, -0.25) is 0 Å². The molecule has 5 nitrogen and oxygen atoms in total. The first-order valence-corrected chi connectivity index (χ1v) is 5.56. The van der Waals surface area contributed by atoms with Crippen LogP contribution in [0.25, 0.3) is 0 Å². The summed E-state index contributed by atoms with van der Waals surface area (Å²) < 4.78 is 10.5. The SMILES string of the molecule is CCCOCCOc1nccc(C)c1C(=O)O. The molecule has 0 bridgehead atoms. The van der Waals surface area contributed by atoms with Gasteiger partial charge in [-0.15, -0.1) is 0 Å². The quantitative estimate of drug-likeness (QED) is 0.736. The lowest BCUT2D eigenvalue weighted by Gasteiger charge is -2.09. The van der Waals surface area contributed by atoms with E-state index in [1.54, 1.807) is 13.0 Å². The Labute approximate surface area is 100 Å². The molecule has 0 radical (unpaired) electrons. The molecule has 0 aliphatic heterocycles. The van der Waals surface area contributed by atoms with E-state index in [4.69, 9.17) is 14.6 Å². The second-order valence-electron chi connectivity index (χ2n) is 3.57. The third kappa shape index (κ3) is 4.03. The third-order valence-electron chi connectivity index (χ3n) is 2.15. The molecule has 0 aliphatic rings. The molecule has 0 saturated carbocycles. The number of ether oxygens (including phenoxy) is 2. The maximum absolute atomic E-state index is 11.0. The molecule has 0 aliphatic carbocycles. The molecule has 0 saturated heterocycles. The molecule has 5 heteroatoms. The minimum atomic E-state index is -1.03. The van der Waals surface area contributed by atoms with Crippen molar-refractivity contribution in [3.63, 3.8) is 0 Å². The number of carbonyl (C=O) groups is 1. The molecule has 1 rings (SSSR count). The number of pyridine rings is 1. The fourth-order valence-corrected chi connectivity index (χ4v) is 1.35. The van der Waals surface area contributed by atoms with Gasteiger partial charge in [0.2, 0.25) is 5.88 Å². The van der Waals surface area contributed by atoms with Crippen molar-refractivity contribution >= 4 is 5.97 Å². The van der Waals surface area contributed by atoms with E-state index in [1.165, 1.54) is 6.20 Å². The van der Waals surface area contributed by atoms with Crippen LogP contribution in [-0.2, 0) is 4.74 Å². The van der Waals surface area contributed by atoms with Gasteiger partial charge in [-0.05, 0) is 25.0 Å². The summed E-state index contributed by atoms with van der Waals surface area (Å²) in [6.45, 7) is 5.15. The van der Waals surface area contributed by atoms with Gasteiger partial charge < -0.3 is 14.6 Å². The fraction of sp³-hybridized carbons (Fsp3) is 0.500. The maximum atomic E-state index is 11.0. The van der Waals surface area contributed by atoms with Crippen molar-refractivity contribution in [2.45, 2.75) is 20.3 Å². The third-order valence-corrected chi connectivity index (χ3v) is 2.15. The molecule has 1 aromatic rings. The highest BCUT2D eigenvalue weighted by Gasteiger charge is 2.15. The Kier molecular flexibility index (Phi) is 5.42. The molecule has 0 aromatic carbocycles. The molecule has 1 heterocycles. The number of carboxylic acids is 1. The van der Waals surface area contributed by atoms with Crippen molar-refractivity contribution in [3.8, 4) is 5.88 Å². The minimum Gasteiger partial charge on any atom is -0.477 e. The average molecular weight is 239 g/mol. The summed E-state index contributed by atoms with van der Waals surface area (Å²) >= 11 is 0. The van der Waals surface area contributed by atoms with Gasteiger partial charge in [0.15, 0.2) is 0 Å². The van der Waals surface area contributed by atoms with E-state index in [1.807, 2.05) is 6.92 Å². The number of aromatic nitrogens is 1. The van der Waals surface area contributed by atoms with Crippen molar-refractivity contribution in [1.82, 2.24) is 4.98 Å². The number of hydrogen-bond acceptors (Lipinski definition) is 4. The van der Waals surface area contributed by atoms with Crippen molar-refractivity contribution < 1.29 is 19.4 Å². The smallest absolute Gasteiger partial charge is 0.341 e. The number of hydrogen-bond donors (Lipinski definition) is 1. The van der Waals surface area contributed by atoms with Gasteiger partial charge in [0.1, 0.15) is 12.2 Å². The first-order valence-electron chi connectivity index (χ1n) is 5.56. The Bertz CT molecular complexity index is 379. The summed E-state index contributed by atoms with van der Waals surface area (Å²) in [7, 11) is 0. The Morgan fingerprint density at radius 2 is 2.18 bits per heavy atom. The zero-order valence-electron chi connectivity index (χ0n) is 10.1. The second-order valence-corrected chi connectivity index (χ2v) is 3.57. The van der Waals surface area contributed by atoms with E-state index in [0.29, 0.717) is 25.4 Å². The lowest BCUT2D eigenvalue weighted by atomic mass is 10.1. The fourth-order valence-electron chi connectivity index (χ4n) is 1.35. The summed E-state index contributed by atoms with van der Waals surface area (Å²) in [5.41, 5.74) is 0.750. The summed E-state index contributed by atoms with van der Waals surface area (Å²) in [5, 5.41) is 9.04. The maximum Gasteiger partial charge on any atom is 0.341 e. The normalized spacial score (nSPS) is 10.2. The molecule has 0 spiro atoms. The molecule has 17 heavy (non-hydrogen) atoms. The molecule has 0 unspecified atom stereocenters. The highest BCUT2D eigenvalue weighted by Crippen LogP contribution is 2.18. The number of nitrogens with zero attached hydrogens (tertiary/aromatic N) is 1. The number of carboxylic acid groups (broad SMARTS) is 1. The molecule has 94 valence electrons. The van der Waals surface area contributed by atoms with Crippen molar-refractivity contribution in [2.24, 2.45) is 0 Å². The zero-order chi connectivity index (χ0) is 12.7. The summed E-state index contributed by atoms with van der Waals surface area (Å²) in [6, 6.07) is 1.64. The molecular weight excluding hydrogens is 222 g/mol. The number of aromatic carboxylic acids is 1. The summed E-state index contributed by atoms with van der Waals surface area (Å²) in [6.07, 6.45) is 2.48. The molecule has 0 fully saturated rings. The lowest BCUT2D eigenvalue weighted by Crippen LogP contribution is -2.12. The van der Waals surface area contributed by atoms with Crippen LogP contribution in [0.15, 0.2) is 12.3 Å². The van der Waals surface area contributed by atoms with Gasteiger partial charge in [0.25, 0.3) is 0 Å². The van der Waals surface area contributed by atoms with E-state index in [2.05, 4.69) is 4.98 Å². The second kappa shape index (κ2) is 6.85. The number of rotatable bonds is 7. The first kappa shape index (κ1) is 13.4. The molecule has 1 aromatic heterocycles. The largest absolute Gasteiger partial charge is 0.477 e. The number of aryl methyl sites for hydroxylation is 1. The molecule has 0 atom stereocenters.